The zero-order valence-electron chi connectivity index (χ0n) is 9.82. The normalized spacial score (nSPS) is 19.6. The van der Waals surface area contributed by atoms with Crippen molar-refractivity contribution in [3.63, 3.8) is 0 Å². The topological polar surface area (TPSA) is 40.5 Å². The van der Waals surface area contributed by atoms with E-state index in [1.165, 1.54) is 6.07 Å². The third-order valence-corrected chi connectivity index (χ3v) is 3.58. The van der Waals surface area contributed by atoms with Crippen LogP contribution >= 0.6 is 11.6 Å². The molecule has 1 saturated heterocycles. The van der Waals surface area contributed by atoms with Crippen LogP contribution < -0.4 is 0 Å². The Hall–Kier alpha value is -1.22. The van der Waals surface area contributed by atoms with E-state index in [1.54, 1.807) is 17.0 Å². The van der Waals surface area contributed by atoms with E-state index in [2.05, 4.69) is 6.92 Å². The van der Waals surface area contributed by atoms with Crippen molar-refractivity contribution in [2.75, 3.05) is 13.1 Å². The van der Waals surface area contributed by atoms with Crippen molar-refractivity contribution < 1.29 is 9.90 Å². The fourth-order valence-corrected chi connectivity index (χ4v) is 2.37. The number of carbonyl (C=O) groups is 1. The third kappa shape index (κ3) is 2.55. The number of hydrogen-bond acceptors (Lipinski definition) is 2. The first-order chi connectivity index (χ1) is 8.11. The second-order valence-electron chi connectivity index (χ2n) is 4.48. The van der Waals surface area contributed by atoms with Crippen molar-refractivity contribution in [3.05, 3.63) is 28.8 Å². The van der Waals surface area contributed by atoms with Crippen LogP contribution in [0.25, 0.3) is 0 Å². The number of nitrogens with zero attached hydrogens (tertiary/aromatic N) is 1. The van der Waals surface area contributed by atoms with Gasteiger partial charge in [-0.15, -0.1) is 0 Å². The Balaban J connectivity index is 2.15. The number of likely N-dealkylation sites (tertiary alicyclic amines) is 1. The van der Waals surface area contributed by atoms with Crippen LogP contribution in [0.15, 0.2) is 18.2 Å². The van der Waals surface area contributed by atoms with Gasteiger partial charge in [-0.2, -0.15) is 0 Å². The summed E-state index contributed by atoms with van der Waals surface area (Å²) in [5.74, 6) is 0.450. The smallest absolute Gasteiger partial charge is 0.257 e. The maximum atomic E-state index is 12.2. The van der Waals surface area contributed by atoms with Crippen LogP contribution in [-0.2, 0) is 0 Å². The Bertz CT molecular complexity index is 433. The second-order valence-corrected chi connectivity index (χ2v) is 4.91. The zero-order valence-corrected chi connectivity index (χ0v) is 10.6. The summed E-state index contributed by atoms with van der Waals surface area (Å²) in [4.78, 5) is 14.0. The Kier molecular flexibility index (Phi) is 3.57. The number of hydrogen-bond donors (Lipinski definition) is 1. The van der Waals surface area contributed by atoms with Crippen LogP contribution in [0.1, 0.15) is 30.1 Å². The first-order valence-corrected chi connectivity index (χ1v) is 6.27. The Morgan fingerprint density at radius 3 is 2.94 bits per heavy atom. The molecule has 1 heterocycles. The first-order valence-electron chi connectivity index (χ1n) is 5.89. The van der Waals surface area contributed by atoms with Gasteiger partial charge in [-0.1, -0.05) is 24.9 Å². The number of benzene rings is 1. The van der Waals surface area contributed by atoms with Gasteiger partial charge in [0.1, 0.15) is 5.75 Å². The molecule has 0 saturated carbocycles. The highest BCUT2D eigenvalue weighted by Crippen LogP contribution is 2.26. The van der Waals surface area contributed by atoms with Gasteiger partial charge in [0.05, 0.1) is 5.56 Å². The Morgan fingerprint density at radius 1 is 1.59 bits per heavy atom. The van der Waals surface area contributed by atoms with Crippen molar-refractivity contribution in [1.82, 2.24) is 4.90 Å². The molecule has 1 unspecified atom stereocenters. The number of carbonyl (C=O) groups excluding carboxylic acids is 1. The standard InChI is InChI=1S/C13H16ClNO2/c1-2-9-5-6-15(8-9)13(17)11-4-3-10(14)7-12(11)16/h3-4,7,9,16H,2,5-6,8H2,1H3. The highest BCUT2D eigenvalue weighted by atomic mass is 35.5. The quantitative estimate of drug-likeness (QED) is 0.880. The molecule has 0 radical (unpaired) electrons. The summed E-state index contributed by atoms with van der Waals surface area (Å²) in [6.07, 6.45) is 2.15. The monoisotopic (exact) mass is 253 g/mol. The molecule has 1 aromatic carbocycles. The second kappa shape index (κ2) is 4.96. The number of halogens is 1. The molecule has 1 atom stereocenters. The van der Waals surface area contributed by atoms with Crippen LogP contribution in [0, 0.1) is 5.92 Å². The Labute approximate surface area is 106 Å². The van der Waals surface area contributed by atoms with Gasteiger partial charge < -0.3 is 10.0 Å². The molecule has 2 rings (SSSR count). The largest absolute Gasteiger partial charge is 0.507 e. The number of amides is 1. The Morgan fingerprint density at radius 2 is 2.35 bits per heavy atom. The van der Waals surface area contributed by atoms with E-state index >= 15 is 0 Å². The number of aromatic hydroxyl groups is 1. The molecule has 1 amide bonds. The van der Waals surface area contributed by atoms with Crippen molar-refractivity contribution in [2.24, 2.45) is 5.92 Å². The number of rotatable bonds is 2. The van der Waals surface area contributed by atoms with E-state index in [1.807, 2.05) is 0 Å². The average Bonchev–Trinajstić information content (AvgIpc) is 2.76. The summed E-state index contributed by atoms with van der Waals surface area (Å²) in [7, 11) is 0. The van der Waals surface area contributed by atoms with Crippen molar-refractivity contribution in [3.8, 4) is 5.75 Å². The highest BCUT2D eigenvalue weighted by molar-refractivity contribution is 6.30. The SMILES string of the molecule is CCC1CCN(C(=O)c2ccc(Cl)cc2O)C1. The van der Waals surface area contributed by atoms with Crippen LogP contribution in [-0.4, -0.2) is 29.0 Å². The molecule has 1 fully saturated rings. The first kappa shape index (κ1) is 12.2. The van der Waals surface area contributed by atoms with Crippen molar-refractivity contribution in [2.45, 2.75) is 19.8 Å². The number of phenols is 1. The van der Waals surface area contributed by atoms with Gasteiger partial charge in [0.2, 0.25) is 0 Å². The molecule has 0 bridgehead atoms. The predicted molar refractivity (Wildman–Crippen MR) is 67.4 cm³/mol. The lowest BCUT2D eigenvalue weighted by Gasteiger charge is -2.17. The molecule has 1 N–H and O–H groups in total. The molecule has 1 aliphatic heterocycles. The van der Waals surface area contributed by atoms with Gasteiger partial charge in [0.25, 0.3) is 5.91 Å². The van der Waals surface area contributed by atoms with Gasteiger partial charge in [-0.3, -0.25) is 4.79 Å². The third-order valence-electron chi connectivity index (χ3n) is 3.34. The van der Waals surface area contributed by atoms with E-state index in [9.17, 15) is 9.90 Å². The minimum atomic E-state index is -0.102. The van der Waals surface area contributed by atoms with Gasteiger partial charge in [0.15, 0.2) is 0 Å². The van der Waals surface area contributed by atoms with E-state index in [4.69, 9.17) is 11.6 Å². The number of phenolic OH excluding ortho intramolecular Hbond substituents is 1. The van der Waals surface area contributed by atoms with E-state index in [0.717, 1.165) is 25.9 Å². The van der Waals surface area contributed by atoms with E-state index < -0.39 is 0 Å². The van der Waals surface area contributed by atoms with Gasteiger partial charge in [0, 0.05) is 18.1 Å². The lowest BCUT2D eigenvalue weighted by molar-refractivity contribution is 0.0784. The molecule has 1 aromatic rings. The minimum absolute atomic E-state index is 0.0394. The summed E-state index contributed by atoms with van der Waals surface area (Å²) in [5, 5.41) is 10.2. The molecule has 0 aliphatic carbocycles. The summed E-state index contributed by atoms with van der Waals surface area (Å²) in [6.45, 7) is 3.70. The molecule has 0 aromatic heterocycles. The molecular weight excluding hydrogens is 238 g/mol. The molecular formula is C13H16ClNO2. The maximum absolute atomic E-state index is 12.2. The summed E-state index contributed by atoms with van der Waals surface area (Å²) in [6, 6.07) is 4.61. The van der Waals surface area contributed by atoms with E-state index in [0.29, 0.717) is 16.5 Å². The fourth-order valence-electron chi connectivity index (χ4n) is 2.21. The minimum Gasteiger partial charge on any atom is -0.507 e. The van der Waals surface area contributed by atoms with Crippen LogP contribution in [0.4, 0.5) is 0 Å². The van der Waals surface area contributed by atoms with Crippen LogP contribution in [0.5, 0.6) is 5.75 Å². The summed E-state index contributed by atoms with van der Waals surface area (Å²) >= 11 is 5.74. The van der Waals surface area contributed by atoms with Gasteiger partial charge in [-0.25, -0.2) is 0 Å². The van der Waals surface area contributed by atoms with Crippen molar-refractivity contribution in [1.29, 1.82) is 0 Å². The molecule has 92 valence electrons. The molecule has 17 heavy (non-hydrogen) atoms. The molecule has 3 nitrogen and oxygen atoms in total. The van der Waals surface area contributed by atoms with Crippen molar-refractivity contribution >= 4 is 17.5 Å². The summed E-state index contributed by atoms with van der Waals surface area (Å²) in [5.41, 5.74) is 0.339. The zero-order chi connectivity index (χ0) is 12.4. The lowest BCUT2D eigenvalue weighted by atomic mass is 10.1. The van der Waals surface area contributed by atoms with E-state index in [-0.39, 0.29) is 11.7 Å². The molecule has 4 heteroatoms. The predicted octanol–water partition coefficient (Wildman–Crippen LogP) is 2.92. The fraction of sp³-hybridized carbons (Fsp3) is 0.462. The van der Waals surface area contributed by atoms with Crippen LogP contribution in [0.3, 0.4) is 0 Å². The molecule has 1 aliphatic rings. The average molecular weight is 254 g/mol. The summed E-state index contributed by atoms with van der Waals surface area (Å²) < 4.78 is 0. The van der Waals surface area contributed by atoms with Gasteiger partial charge in [-0.05, 0) is 30.5 Å². The lowest BCUT2D eigenvalue weighted by Crippen LogP contribution is -2.28. The molecule has 0 spiro atoms. The maximum Gasteiger partial charge on any atom is 0.257 e. The van der Waals surface area contributed by atoms with Crippen LogP contribution in [0.2, 0.25) is 5.02 Å². The van der Waals surface area contributed by atoms with Gasteiger partial charge >= 0.3 is 0 Å². The highest BCUT2D eigenvalue weighted by Gasteiger charge is 2.27.